The lowest BCUT2D eigenvalue weighted by atomic mass is 9.76. The van der Waals surface area contributed by atoms with Gasteiger partial charge in [-0.2, -0.15) is 0 Å². The van der Waals surface area contributed by atoms with Gasteiger partial charge in [-0.05, 0) is 34.1 Å². The fourth-order valence-electron chi connectivity index (χ4n) is 4.56. The standard InChI is InChI=1S/C17H14O/c18-17-9-10-5-1-2-6-11(10)14-15(16(14)17)12-7-3-4-8-13(12)17/h1-8,14-16,18H,9H2/t14-,15-,16-,17-/m1/s1. The predicted octanol–water partition coefficient (Wildman–Crippen LogP) is 2.94. The third-order valence-corrected chi connectivity index (χ3v) is 5.23. The highest BCUT2D eigenvalue weighted by Gasteiger charge is 2.70. The second-order valence-electron chi connectivity index (χ2n) is 5.96. The molecule has 0 amide bonds. The molecule has 18 heavy (non-hydrogen) atoms. The Bertz CT molecular complexity index is 675. The van der Waals surface area contributed by atoms with Crippen LogP contribution in [0, 0.1) is 5.92 Å². The Morgan fingerprint density at radius 3 is 2.44 bits per heavy atom. The van der Waals surface area contributed by atoms with Crippen molar-refractivity contribution in [2.75, 3.05) is 0 Å². The van der Waals surface area contributed by atoms with E-state index in [4.69, 9.17) is 0 Å². The summed E-state index contributed by atoms with van der Waals surface area (Å²) in [4.78, 5) is 0. The van der Waals surface area contributed by atoms with Crippen LogP contribution in [-0.4, -0.2) is 5.11 Å². The molecule has 2 aromatic rings. The van der Waals surface area contributed by atoms with Crippen molar-refractivity contribution >= 4 is 0 Å². The third-order valence-electron chi connectivity index (χ3n) is 5.23. The molecule has 5 rings (SSSR count). The van der Waals surface area contributed by atoms with Crippen molar-refractivity contribution in [1.29, 1.82) is 0 Å². The highest BCUT2D eigenvalue weighted by molar-refractivity contribution is 5.59. The van der Waals surface area contributed by atoms with E-state index >= 15 is 0 Å². The minimum absolute atomic E-state index is 0.435. The molecule has 1 heteroatoms. The topological polar surface area (TPSA) is 20.2 Å². The Morgan fingerprint density at radius 2 is 1.56 bits per heavy atom. The van der Waals surface area contributed by atoms with Gasteiger partial charge in [-0.1, -0.05) is 48.5 Å². The molecule has 4 atom stereocenters. The number of hydrogen-bond acceptors (Lipinski definition) is 1. The zero-order valence-electron chi connectivity index (χ0n) is 10.0. The summed E-state index contributed by atoms with van der Waals surface area (Å²) in [7, 11) is 0. The summed E-state index contributed by atoms with van der Waals surface area (Å²) in [6.45, 7) is 0. The van der Waals surface area contributed by atoms with E-state index in [1.165, 1.54) is 22.3 Å². The molecule has 88 valence electrons. The number of rotatable bonds is 0. The number of hydrogen-bond donors (Lipinski definition) is 1. The largest absolute Gasteiger partial charge is 0.384 e. The Labute approximate surface area is 106 Å². The van der Waals surface area contributed by atoms with Gasteiger partial charge in [0, 0.05) is 12.3 Å². The molecule has 0 aromatic heterocycles. The van der Waals surface area contributed by atoms with Crippen molar-refractivity contribution in [3.63, 3.8) is 0 Å². The van der Waals surface area contributed by atoms with Crippen molar-refractivity contribution in [2.45, 2.75) is 23.9 Å². The summed E-state index contributed by atoms with van der Waals surface area (Å²) in [6, 6.07) is 17.1. The quantitative estimate of drug-likeness (QED) is 0.743. The van der Waals surface area contributed by atoms with Crippen LogP contribution in [0.4, 0.5) is 0 Å². The number of aliphatic hydroxyl groups is 1. The van der Waals surface area contributed by atoms with Crippen LogP contribution in [0.1, 0.15) is 34.1 Å². The van der Waals surface area contributed by atoms with E-state index in [0.717, 1.165) is 6.42 Å². The summed E-state index contributed by atoms with van der Waals surface area (Å²) < 4.78 is 0. The van der Waals surface area contributed by atoms with Crippen molar-refractivity contribution < 1.29 is 5.11 Å². The number of benzene rings is 2. The predicted molar refractivity (Wildman–Crippen MR) is 69.5 cm³/mol. The van der Waals surface area contributed by atoms with Crippen molar-refractivity contribution in [1.82, 2.24) is 0 Å². The molecule has 3 aliphatic rings. The van der Waals surface area contributed by atoms with E-state index in [1.807, 2.05) is 0 Å². The van der Waals surface area contributed by atoms with Crippen molar-refractivity contribution in [3.8, 4) is 0 Å². The van der Waals surface area contributed by atoms with Crippen LogP contribution in [0.5, 0.6) is 0 Å². The SMILES string of the molecule is O[C@]12Cc3ccccc3[C@@H]3[C@@H](c4ccccc41)[C@@H]32. The van der Waals surface area contributed by atoms with E-state index in [-0.39, 0.29) is 0 Å². The van der Waals surface area contributed by atoms with Gasteiger partial charge in [0.25, 0.3) is 0 Å². The maximum absolute atomic E-state index is 11.1. The molecule has 1 N–H and O–H groups in total. The summed E-state index contributed by atoms with van der Waals surface area (Å²) in [5, 5.41) is 11.1. The molecule has 0 unspecified atom stereocenters. The van der Waals surface area contributed by atoms with Crippen LogP contribution in [0.15, 0.2) is 48.5 Å². The molecule has 3 aliphatic carbocycles. The molecule has 0 saturated heterocycles. The van der Waals surface area contributed by atoms with Crippen LogP contribution in [-0.2, 0) is 12.0 Å². The lowest BCUT2D eigenvalue weighted by Gasteiger charge is -2.33. The summed E-state index contributed by atoms with van der Waals surface area (Å²) in [5.41, 5.74) is 4.81. The second-order valence-corrected chi connectivity index (χ2v) is 5.96. The van der Waals surface area contributed by atoms with E-state index in [1.54, 1.807) is 0 Å². The minimum Gasteiger partial charge on any atom is -0.384 e. The van der Waals surface area contributed by atoms with Gasteiger partial charge in [0.2, 0.25) is 0 Å². The van der Waals surface area contributed by atoms with Gasteiger partial charge >= 0.3 is 0 Å². The first-order valence-corrected chi connectivity index (χ1v) is 6.70. The number of fused-ring (bicyclic) bond motifs is 6. The molecule has 1 nitrogen and oxygen atoms in total. The zero-order chi connectivity index (χ0) is 11.9. The van der Waals surface area contributed by atoms with Crippen molar-refractivity contribution in [3.05, 3.63) is 70.8 Å². The van der Waals surface area contributed by atoms with Crippen LogP contribution in [0.3, 0.4) is 0 Å². The van der Waals surface area contributed by atoms with Crippen molar-refractivity contribution in [2.24, 2.45) is 5.92 Å². The fraction of sp³-hybridized carbons (Fsp3) is 0.294. The van der Waals surface area contributed by atoms with Crippen LogP contribution in [0.2, 0.25) is 0 Å². The van der Waals surface area contributed by atoms with Crippen LogP contribution < -0.4 is 0 Å². The maximum Gasteiger partial charge on any atom is 0.0979 e. The molecular formula is C17H14O. The molecular weight excluding hydrogens is 220 g/mol. The zero-order valence-corrected chi connectivity index (χ0v) is 10.0. The van der Waals surface area contributed by atoms with Gasteiger partial charge in [0.1, 0.15) is 0 Å². The first kappa shape index (κ1) is 9.35. The summed E-state index contributed by atoms with van der Waals surface area (Å²) >= 11 is 0. The van der Waals surface area contributed by atoms with Crippen LogP contribution >= 0.6 is 0 Å². The molecule has 0 aliphatic heterocycles. The Kier molecular flexibility index (Phi) is 1.40. The van der Waals surface area contributed by atoms with Gasteiger partial charge < -0.3 is 5.11 Å². The Balaban J connectivity index is 1.79. The minimum atomic E-state index is -0.597. The Hall–Kier alpha value is -1.60. The van der Waals surface area contributed by atoms with E-state index < -0.39 is 5.60 Å². The molecule has 2 aromatic carbocycles. The van der Waals surface area contributed by atoms with E-state index in [2.05, 4.69) is 48.5 Å². The monoisotopic (exact) mass is 234 g/mol. The van der Waals surface area contributed by atoms with Gasteiger partial charge in [0.15, 0.2) is 0 Å². The molecule has 0 spiro atoms. The van der Waals surface area contributed by atoms with Gasteiger partial charge in [-0.25, -0.2) is 0 Å². The Morgan fingerprint density at radius 1 is 0.889 bits per heavy atom. The lowest BCUT2D eigenvalue weighted by molar-refractivity contribution is 0.0122. The normalized spacial score (nSPS) is 37.7. The van der Waals surface area contributed by atoms with Gasteiger partial charge in [-0.3, -0.25) is 0 Å². The molecule has 0 heterocycles. The lowest BCUT2D eigenvalue weighted by Crippen LogP contribution is -2.33. The molecule has 1 fully saturated rings. The summed E-state index contributed by atoms with van der Waals surface area (Å²) in [6.07, 6.45) is 0.790. The highest BCUT2D eigenvalue weighted by Crippen LogP contribution is 2.75. The van der Waals surface area contributed by atoms with E-state index in [9.17, 15) is 5.11 Å². The summed E-state index contributed by atoms with van der Waals surface area (Å²) in [5.74, 6) is 1.56. The van der Waals surface area contributed by atoms with Gasteiger partial charge in [-0.15, -0.1) is 0 Å². The average Bonchev–Trinajstić information content (AvgIpc) is 3.09. The molecule has 1 saturated carbocycles. The van der Waals surface area contributed by atoms with E-state index in [0.29, 0.717) is 17.8 Å². The molecule has 0 radical (unpaired) electrons. The van der Waals surface area contributed by atoms with Crippen LogP contribution in [0.25, 0.3) is 0 Å². The second kappa shape index (κ2) is 2.70. The highest BCUT2D eigenvalue weighted by atomic mass is 16.3. The third kappa shape index (κ3) is 0.842. The fourth-order valence-corrected chi connectivity index (χ4v) is 4.56. The molecule has 0 bridgehead atoms. The van der Waals surface area contributed by atoms with Gasteiger partial charge in [0.05, 0.1) is 5.60 Å². The maximum atomic E-state index is 11.1. The first-order chi connectivity index (χ1) is 8.81. The smallest absolute Gasteiger partial charge is 0.0979 e. The average molecular weight is 234 g/mol. The first-order valence-electron chi connectivity index (χ1n) is 6.70.